The number of carbonyl (C=O) groups excluding carboxylic acids is 1. The van der Waals surface area contributed by atoms with Gasteiger partial charge in [0.15, 0.2) is 0 Å². The molecule has 0 aliphatic carbocycles. The lowest BCUT2D eigenvalue weighted by Gasteiger charge is -2.32. The first kappa shape index (κ1) is 15.6. The third-order valence-corrected chi connectivity index (χ3v) is 4.72. The Morgan fingerprint density at radius 3 is 3.00 bits per heavy atom. The largest absolute Gasteiger partial charge is 0.338 e. The fourth-order valence-corrected chi connectivity index (χ4v) is 3.44. The SMILES string of the molecule is O=C(c1ccccc1Cn1cncn1)N1CCCC(c2ccn[nH]2)C1. The fourth-order valence-electron chi connectivity index (χ4n) is 3.44. The molecule has 128 valence electrons. The molecule has 0 radical (unpaired) electrons. The average molecular weight is 336 g/mol. The number of nitrogens with one attached hydrogen (secondary N) is 1. The maximum Gasteiger partial charge on any atom is 0.254 e. The van der Waals surface area contributed by atoms with Gasteiger partial charge in [-0.05, 0) is 30.5 Å². The molecule has 1 saturated heterocycles. The molecule has 1 aliphatic rings. The molecule has 1 unspecified atom stereocenters. The molecule has 7 heteroatoms. The van der Waals surface area contributed by atoms with Gasteiger partial charge in [-0.1, -0.05) is 18.2 Å². The van der Waals surface area contributed by atoms with E-state index < -0.39 is 0 Å². The van der Waals surface area contributed by atoms with Crippen LogP contribution in [-0.2, 0) is 6.54 Å². The summed E-state index contributed by atoms with van der Waals surface area (Å²) in [6.45, 7) is 2.06. The lowest BCUT2D eigenvalue weighted by molar-refractivity contribution is 0.0704. The highest BCUT2D eigenvalue weighted by atomic mass is 16.2. The van der Waals surface area contributed by atoms with Gasteiger partial charge in [0.05, 0.1) is 6.54 Å². The number of hydrogen-bond donors (Lipinski definition) is 1. The van der Waals surface area contributed by atoms with Crippen LogP contribution in [0.4, 0.5) is 0 Å². The van der Waals surface area contributed by atoms with Crippen LogP contribution in [0, 0.1) is 0 Å². The highest BCUT2D eigenvalue weighted by Crippen LogP contribution is 2.26. The number of nitrogens with zero attached hydrogens (tertiary/aromatic N) is 5. The number of rotatable bonds is 4. The molecular weight excluding hydrogens is 316 g/mol. The Hall–Kier alpha value is -2.96. The van der Waals surface area contributed by atoms with E-state index in [-0.39, 0.29) is 5.91 Å². The highest BCUT2D eigenvalue weighted by molar-refractivity contribution is 5.95. The molecule has 1 aromatic carbocycles. The number of piperidine rings is 1. The zero-order valence-corrected chi connectivity index (χ0v) is 13.9. The molecule has 2 aromatic heterocycles. The average Bonchev–Trinajstić information content (AvgIpc) is 3.36. The minimum absolute atomic E-state index is 0.0833. The van der Waals surface area contributed by atoms with Gasteiger partial charge in [-0.2, -0.15) is 10.2 Å². The molecule has 0 bridgehead atoms. The van der Waals surface area contributed by atoms with Crippen LogP contribution >= 0.6 is 0 Å². The predicted octanol–water partition coefficient (Wildman–Crippen LogP) is 2.07. The molecule has 7 nitrogen and oxygen atoms in total. The third-order valence-electron chi connectivity index (χ3n) is 4.72. The number of carbonyl (C=O) groups is 1. The molecule has 1 atom stereocenters. The van der Waals surface area contributed by atoms with Crippen LogP contribution in [0.3, 0.4) is 0 Å². The monoisotopic (exact) mass is 336 g/mol. The Balaban J connectivity index is 1.54. The van der Waals surface area contributed by atoms with Crippen molar-refractivity contribution in [2.75, 3.05) is 13.1 Å². The number of likely N-dealkylation sites (tertiary alicyclic amines) is 1. The summed E-state index contributed by atoms with van der Waals surface area (Å²) in [6.07, 6.45) is 7.01. The zero-order chi connectivity index (χ0) is 17.1. The van der Waals surface area contributed by atoms with Crippen LogP contribution in [0.15, 0.2) is 49.2 Å². The second-order valence-electron chi connectivity index (χ2n) is 6.35. The number of H-pyrrole nitrogens is 1. The summed E-state index contributed by atoms with van der Waals surface area (Å²) in [7, 11) is 0. The molecule has 4 rings (SSSR count). The summed E-state index contributed by atoms with van der Waals surface area (Å²) in [5.41, 5.74) is 2.80. The molecule has 0 saturated carbocycles. The second kappa shape index (κ2) is 6.88. The van der Waals surface area contributed by atoms with Gasteiger partial charge in [-0.15, -0.1) is 0 Å². The van der Waals surface area contributed by atoms with E-state index in [0.717, 1.165) is 42.8 Å². The Morgan fingerprint density at radius 1 is 1.28 bits per heavy atom. The summed E-state index contributed by atoms with van der Waals surface area (Å²) >= 11 is 0. The van der Waals surface area contributed by atoms with Crippen LogP contribution in [0.2, 0.25) is 0 Å². The fraction of sp³-hybridized carbons (Fsp3) is 0.333. The predicted molar refractivity (Wildman–Crippen MR) is 92.0 cm³/mol. The van der Waals surface area contributed by atoms with Crippen molar-refractivity contribution in [3.05, 3.63) is 66.0 Å². The first-order valence-corrected chi connectivity index (χ1v) is 8.50. The van der Waals surface area contributed by atoms with Crippen molar-refractivity contribution in [1.29, 1.82) is 0 Å². The number of aromatic nitrogens is 5. The summed E-state index contributed by atoms with van der Waals surface area (Å²) in [5.74, 6) is 0.405. The van der Waals surface area contributed by atoms with E-state index in [1.165, 1.54) is 6.33 Å². The lowest BCUT2D eigenvalue weighted by Crippen LogP contribution is -2.39. The zero-order valence-electron chi connectivity index (χ0n) is 13.9. The van der Waals surface area contributed by atoms with Crippen LogP contribution in [0.1, 0.15) is 40.4 Å². The Bertz CT molecular complexity index is 827. The smallest absolute Gasteiger partial charge is 0.254 e. The van der Waals surface area contributed by atoms with Gasteiger partial charge in [0.1, 0.15) is 12.7 Å². The van der Waals surface area contributed by atoms with Crippen molar-refractivity contribution in [1.82, 2.24) is 29.9 Å². The van der Waals surface area contributed by atoms with Gasteiger partial charge >= 0.3 is 0 Å². The summed E-state index contributed by atoms with van der Waals surface area (Å²) in [6, 6.07) is 9.73. The summed E-state index contributed by atoms with van der Waals surface area (Å²) < 4.78 is 1.73. The van der Waals surface area contributed by atoms with Gasteiger partial charge in [-0.25, -0.2) is 9.67 Å². The molecule has 1 fully saturated rings. The van der Waals surface area contributed by atoms with Crippen molar-refractivity contribution in [2.24, 2.45) is 0 Å². The van der Waals surface area contributed by atoms with Crippen LogP contribution in [-0.4, -0.2) is 48.9 Å². The van der Waals surface area contributed by atoms with E-state index in [4.69, 9.17) is 0 Å². The van der Waals surface area contributed by atoms with E-state index in [9.17, 15) is 4.79 Å². The minimum Gasteiger partial charge on any atom is -0.338 e. The van der Waals surface area contributed by atoms with Crippen LogP contribution < -0.4 is 0 Å². The molecule has 1 N–H and O–H groups in total. The molecular formula is C18H20N6O. The lowest BCUT2D eigenvalue weighted by atomic mass is 9.94. The molecule has 1 aliphatic heterocycles. The van der Waals surface area contributed by atoms with Crippen molar-refractivity contribution in [3.8, 4) is 0 Å². The maximum absolute atomic E-state index is 13.1. The Kier molecular flexibility index (Phi) is 4.28. The normalized spacial score (nSPS) is 17.6. The molecule has 0 spiro atoms. The van der Waals surface area contributed by atoms with Crippen molar-refractivity contribution in [2.45, 2.75) is 25.3 Å². The van der Waals surface area contributed by atoms with Crippen molar-refractivity contribution < 1.29 is 4.79 Å². The van der Waals surface area contributed by atoms with E-state index in [1.54, 1.807) is 17.2 Å². The Morgan fingerprint density at radius 2 is 2.20 bits per heavy atom. The number of amides is 1. The maximum atomic E-state index is 13.1. The molecule has 25 heavy (non-hydrogen) atoms. The minimum atomic E-state index is 0.0833. The van der Waals surface area contributed by atoms with E-state index >= 15 is 0 Å². The summed E-state index contributed by atoms with van der Waals surface area (Å²) in [5, 5.41) is 11.2. The van der Waals surface area contributed by atoms with Gasteiger partial charge < -0.3 is 4.90 Å². The van der Waals surface area contributed by atoms with Gasteiger partial charge in [0.25, 0.3) is 5.91 Å². The van der Waals surface area contributed by atoms with Gasteiger partial charge in [0, 0.05) is 36.5 Å². The molecule has 1 amide bonds. The number of hydrogen-bond acceptors (Lipinski definition) is 4. The molecule has 3 aromatic rings. The van der Waals surface area contributed by atoms with Gasteiger partial charge in [0.2, 0.25) is 0 Å². The van der Waals surface area contributed by atoms with Crippen LogP contribution in [0.5, 0.6) is 0 Å². The first-order valence-electron chi connectivity index (χ1n) is 8.50. The van der Waals surface area contributed by atoms with Gasteiger partial charge in [-0.3, -0.25) is 9.89 Å². The topological polar surface area (TPSA) is 79.7 Å². The number of aromatic amines is 1. The molecule has 3 heterocycles. The summed E-state index contributed by atoms with van der Waals surface area (Å²) in [4.78, 5) is 19.0. The van der Waals surface area contributed by atoms with E-state index in [1.807, 2.05) is 35.2 Å². The van der Waals surface area contributed by atoms with Crippen molar-refractivity contribution in [3.63, 3.8) is 0 Å². The second-order valence-corrected chi connectivity index (χ2v) is 6.35. The van der Waals surface area contributed by atoms with Crippen LogP contribution in [0.25, 0.3) is 0 Å². The van der Waals surface area contributed by atoms with Crippen molar-refractivity contribution >= 4 is 5.91 Å². The standard InChI is InChI=1S/C18H20N6O/c25-18(23-9-3-5-15(10-23)17-7-8-20-22-17)16-6-2-1-4-14(16)11-24-13-19-12-21-24/h1-2,4,6-8,12-13,15H,3,5,9-11H2,(H,20,22). The quantitative estimate of drug-likeness (QED) is 0.791. The Labute approximate surface area is 145 Å². The number of benzene rings is 1. The first-order chi connectivity index (χ1) is 12.3. The van der Waals surface area contributed by atoms with E-state index in [0.29, 0.717) is 12.5 Å². The third kappa shape index (κ3) is 3.31. The van der Waals surface area contributed by atoms with E-state index in [2.05, 4.69) is 20.3 Å². The highest BCUT2D eigenvalue weighted by Gasteiger charge is 2.27.